The molecule has 6 bridgehead atoms. The number of carbonyl (C=O) groups is 1. The Labute approximate surface area is 208 Å². The van der Waals surface area contributed by atoms with Gasteiger partial charge >= 0.3 is 12.1 Å². The summed E-state index contributed by atoms with van der Waals surface area (Å²) in [6.07, 6.45) is 4.68. The highest BCUT2D eigenvalue weighted by atomic mass is 19.4. The fourth-order valence-electron chi connectivity index (χ4n) is 8.97. The molecule has 36 heavy (non-hydrogen) atoms. The number of amidine groups is 1. The van der Waals surface area contributed by atoms with E-state index in [2.05, 4.69) is 11.0 Å². The van der Waals surface area contributed by atoms with Crippen LogP contribution in [0.2, 0.25) is 0 Å². The summed E-state index contributed by atoms with van der Waals surface area (Å²) in [6.45, 7) is 0. The molecule has 9 heteroatoms. The lowest BCUT2D eigenvalue weighted by Gasteiger charge is -2.58. The first kappa shape index (κ1) is 22.7. The van der Waals surface area contributed by atoms with Gasteiger partial charge < -0.3 is 14.5 Å². The molecule has 3 atom stereocenters. The molecule has 0 spiro atoms. The first-order valence-corrected chi connectivity index (χ1v) is 13.3. The molecule has 1 aromatic rings. The van der Waals surface area contributed by atoms with Gasteiger partial charge in [-0.25, -0.2) is 4.79 Å². The van der Waals surface area contributed by atoms with Gasteiger partial charge in [0.15, 0.2) is 6.17 Å². The molecule has 3 unspecified atom stereocenters. The summed E-state index contributed by atoms with van der Waals surface area (Å²) >= 11 is 0. The molecule has 0 amide bonds. The second-order valence-electron chi connectivity index (χ2n) is 12.2. The molecule has 5 aliphatic carbocycles. The zero-order chi connectivity index (χ0) is 24.8. The number of alkyl halides is 3. The summed E-state index contributed by atoms with van der Waals surface area (Å²) in [5, 5.41) is 5.85. The minimum atomic E-state index is -5.07. The number of fused-ring (bicyclic) bond motifs is 1. The fourth-order valence-corrected chi connectivity index (χ4v) is 8.97. The zero-order valence-electron chi connectivity index (χ0n) is 20.5. The van der Waals surface area contributed by atoms with Crippen molar-refractivity contribution >= 4 is 11.8 Å². The molecule has 4 saturated carbocycles. The lowest BCUT2D eigenvalue weighted by Crippen LogP contribution is -2.62. The molecule has 3 aliphatic heterocycles. The Morgan fingerprint density at radius 1 is 1.03 bits per heavy atom. The highest BCUT2D eigenvalue weighted by Crippen LogP contribution is 2.62. The van der Waals surface area contributed by atoms with Crippen molar-refractivity contribution in [1.29, 1.82) is 0 Å². The van der Waals surface area contributed by atoms with E-state index < -0.39 is 18.3 Å². The van der Waals surface area contributed by atoms with Crippen molar-refractivity contribution in [1.82, 2.24) is 10.1 Å². The third kappa shape index (κ3) is 3.44. The average molecular weight is 504 g/mol. The van der Waals surface area contributed by atoms with Crippen LogP contribution in [0.15, 0.2) is 23.3 Å². The van der Waals surface area contributed by atoms with E-state index in [0.717, 1.165) is 60.8 Å². The quantitative estimate of drug-likeness (QED) is 0.577. The SMILES string of the molecule is COc1ccc2c(c1)CC1CCC(C2)N2C(C34CC5CC(CC(C5)C3)C4)=NN(OC(=O)C(F)(F)F)C12. The maximum absolute atomic E-state index is 13.3. The maximum atomic E-state index is 13.3. The van der Waals surface area contributed by atoms with Crippen LogP contribution in [0.25, 0.3) is 0 Å². The first-order valence-electron chi connectivity index (χ1n) is 13.3. The van der Waals surface area contributed by atoms with E-state index in [0.29, 0.717) is 24.2 Å². The lowest BCUT2D eigenvalue weighted by atomic mass is 9.49. The highest BCUT2D eigenvalue weighted by Gasteiger charge is 2.60. The Balaban J connectivity index is 1.30. The summed E-state index contributed by atoms with van der Waals surface area (Å²) in [5.74, 6) is 1.48. The number of halogens is 3. The summed E-state index contributed by atoms with van der Waals surface area (Å²) in [7, 11) is 1.64. The Kier molecular flexibility index (Phi) is 4.91. The van der Waals surface area contributed by atoms with Crippen LogP contribution in [-0.2, 0) is 22.5 Å². The molecule has 0 N–H and O–H groups in total. The first-order chi connectivity index (χ1) is 17.2. The number of hydrazone groups is 1. The number of ether oxygens (including phenoxy) is 1. The van der Waals surface area contributed by atoms with E-state index in [1.165, 1.54) is 24.8 Å². The molecule has 194 valence electrons. The predicted octanol–water partition coefficient (Wildman–Crippen LogP) is 5.07. The van der Waals surface area contributed by atoms with Gasteiger partial charge in [0, 0.05) is 17.4 Å². The molecular formula is C27H32F3N3O3. The van der Waals surface area contributed by atoms with Crippen LogP contribution in [0.3, 0.4) is 0 Å². The van der Waals surface area contributed by atoms with Gasteiger partial charge in [0.25, 0.3) is 0 Å². The van der Waals surface area contributed by atoms with Crippen LogP contribution in [0.5, 0.6) is 5.75 Å². The van der Waals surface area contributed by atoms with Gasteiger partial charge in [-0.15, -0.1) is 5.10 Å². The third-order valence-corrected chi connectivity index (χ3v) is 9.91. The van der Waals surface area contributed by atoms with E-state index in [9.17, 15) is 18.0 Å². The van der Waals surface area contributed by atoms with Crippen LogP contribution >= 0.6 is 0 Å². The van der Waals surface area contributed by atoms with Gasteiger partial charge in [0.1, 0.15) is 11.6 Å². The van der Waals surface area contributed by atoms with E-state index in [-0.39, 0.29) is 17.4 Å². The molecule has 3 heterocycles. The number of methoxy groups -OCH3 is 1. The molecule has 6 nitrogen and oxygen atoms in total. The number of hydroxylamine groups is 1. The Morgan fingerprint density at radius 3 is 2.36 bits per heavy atom. The van der Waals surface area contributed by atoms with Crippen LogP contribution in [0.1, 0.15) is 62.5 Å². The van der Waals surface area contributed by atoms with Crippen molar-refractivity contribution < 1.29 is 27.5 Å². The van der Waals surface area contributed by atoms with E-state index in [1.54, 1.807) is 7.11 Å². The number of piperidine rings is 1. The number of carbonyl (C=O) groups excluding carboxylic acids is 1. The minimum absolute atomic E-state index is 0.0106. The molecule has 0 aromatic heterocycles. The molecular weight excluding hydrogens is 471 g/mol. The fraction of sp³-hybridized carbons (Fsp3) is 0.704. The Hall–Kier alpha value is -2.45. The number of rotatable bonds is 3. The lowest BCUT2D eigenvalue weighted by molar-refractivity contribution is -0.258. The van der Waals surface area contributed by atoms with Crippen molar-refractivity contribution in [3.63, 3.8) is 0 Å². The highest BCUT2D eigenvalue weighted by molar-refractivity contribution is 5.90. The van der Waals surface area contributed by atoms with Crippen LogP contribution in [-0.4, -0.2) is 47.4 Å². The molecule has 9 rings (SSSR count). The van der Waals surface area contributed by atoms with Gasteiger partial charge in [0.2, 0.25) is 0 Å². The zero-order valence-corrected chi connectivity index (χ0v) is 20.5. The smallest absolute Gasteiger partial charge is 0.493 e. The van der Waals surface area contributed by atoms with E-state index in [4.69, 9.17) is 14.7 Å². The Morgan fingerprint density at radius 2 is 1.72 bits per heavy atom. The Bertz CT molecular complexity index is 1080. The maximum Gasteiger partial charge on any atom is 0.493 e. The summed E-state index contributed by atoms with van der Waals surface area (Å²) in [4.78, 5) is 19.3. The van der Waals surface area contributed by atoms with Crippen molar-refractivity contribution in [2.45, 2.75) is 82.6 Å². The minimum Gasteiger partial charge on any atom is -0.497 e. The van der Waals surface area contributed by atoms with Gasteiger partial charge in [-0.2, -0.15) is 13.2 Å². The van der Waals surface area contributed by atoms with Gasteiger partial charge in [-0.3, -0.25) is 0 Å². The second-order valence-corrected chi connectivity index (χ2v) is 12.2. The molecule has 0 radical (unpaired) electrons. The average Bonchev–Trinajstić information content (AvgIpc) is 3.18. The largest absolute Gasteiger partial charge is 0.497 e. The summed E-state index contributed by atoms with van der Waals surface area (Å²) < 4.78 is 45.3. The third-order valence-electron chi connectivity index (χ3n) is 9.91. The van der Waals surface area contributed by atoms with Crippen LogP contribution < -0.4 is 4.74 Å². The number of hydrogen-bond donors (Lipinski definition) is 0. The topological polar surface area (TPSA) is 54.4 Å². The van der Waals surface area contributed by atoms with Crippen molar-refractivity contribution in [2.75, 3.05) is 7.11 Å². The number of benzene rings is 1. The summed E-state index contributed by atoms with van der Waals surface area (Å²) in [6, 6.07) is 6.27. The van der Waals surface area contributed by atoms with E-state index >= 15 is 0 Å². The standard InChI is InChI=1S/C27H32F3N3O3/c1-35-22-5-3-18-10-21-4-2-19(9-20(18)11-22)23-32(21)24(31-33(23)36-25(34)27(28,29)30)26-12-15-6-16(13-26)8-17(7-15)14-26/h3,5,11,15-17,19,21,23H,2,4,6-10,12-14H2,1H3. The van der Waals surface area contributed by atoms with Gasteiger partial charge in [-0.1, -0.05) is 11.2 Å². The molecule has 8 aliphatic rings. The molecule has 1 saturated heterocycles. The second kappa shape index (κ2) is 7.78. The van der Waals surface area contributed by atoms with Crippen molar-refractivity contribution in [2.24, 2.45) is 34.2 Å². The van der Waals surface area contributed by atoms with Crippen molar-refractivity contribution in [3.05, 3.63) is 29.3 Å². The number of nitrogens with zero attached hydrogens (tertiary/aromatic N) is 3. The van der Waals surface area contributed by atoms with Crippen LogP contribution in [0.4, 0.5) is 13.2 Å². The van der Waals surface area contributed by atoms with Crippen LogP contribution in [0, 0.1) is 29.1 Å². The van der Waals surface area contributed by atoms with Gasteiger partial charge in [-0.05, 0) is 105 Å². The molecule has 5 fully saturated rings. The van der Waals surface area contributed by atoms with E-state index in [1.807, 2.05) is 12.1 Å². The molecule has 1 aromatic carbocycles. The summed E-state index contributed by atoms with van der Waals surface area (Å²) in [5.41, 5.74) is 2.31. The van der Waals surface area contributed by atoms with Crippen molar-refractivity contribution in [3.8, 4) is 5.75 Å². The van der Waals surface area contributed by atoms with Gasteiger partial charge in [0.05, 0.1) is 7.11 Å². The predicted molar refractivity (Wildman–Crippen MR) is 125 cm³/mol. The number of hydrogen-bond acceptors (Lipinski definition) is 6. The monoisotopic (exact) mass is 503 g/mol. The normalized spacial score (nSPS) is 38.3.